The Bertz CT molecular complexity index is 2340. The van der Waals surface area contributed by atoms with E-state index in [1.54, 1.807) is 5.38 Å². The lowest BCUT2D eigenvalue weighted by atomic mass is 9.77. The molecule has 0 saturated heterocycles. The average molecular weight is 753 g/mol. The van der Waals surface area contributed by atoms with Gasteiger partial charge in [-0.05, 0) is 33.4 Å². The third-order valence-corrected chi connectivity index (χ3v) is 10.4. The molecule has 0 atom stereocenters. The number of nitrogens with zero attached hydrogens (tertiary/aromatic N) is 5. The zero-order valence-corrected chi connectivity index (χ0v) is 30.9. The smallest absolute Gasteiger partial charge is 0.360 e. The Morgan fingerprint density at radius 1 is 0.643 bits per heavy atom. The lowest BCUT2D eigenvalue weighted by molar-refractivity contribution is -0.129. The van der Waals surface area contributed by atoms with Gasteiger partial charge in [-0.25, -0.2) is 14.5 Å². The van der Waals surface area contributed by atoms with Crippen molar-refractivity contribution in [3.05, 3.63) is 238 Å². The molecule has 0 fully saturated rings. The first kappa shape index (κ1) is 35.8. The number of oxime groups is 1. The maximum atomic E-state index is 12.6. The predicted molar refractivity (Wildman–Crippen MR) is 219 cm³/mol. The molecule has 56 heavy (non-hydrogen) atoms. The van der Waals surface area contributed by atoms with Gasteiger partial charge in [-0.2, -0.15) is 0 Å². The molecule has 0 bridgehead atoms. The van der Waals surface area contributed by atoms with E-state index in [2.05, 4.69) is 93.6 Å². The molecule has 10 heteroatoms. The minimum absolute atomic E-state index is 0.125. The van der Waals surface area contributed by atoms with Gasteiger partial charge in [-0.15, -0.1) is 16.4 Å². The minimum atomic E-state index is -1.28. The second-order valence-electron chi connectivity index (χ2n) is 13.0. The summed E-state index contributed by atoms with van der Waals surface area (Å²) in [5.74, 6) is -1.28. The number of anilines is 1. The van der Waals surface area contributed by atoms with Crippen LogP contribution in [0, 0.1) is 0 Å². The number of hydrogen-bond acceptors (Lipinski definition) is 8. The van der Waals surface area contributed by atoms with E-state index in [1.807, 2.05) is 120 Å². The molecule has 2 N–H and O–H groups in total. The fourth-order valence-electron chi connectivity index (χ4n) is 7.20. The average Bonchev–Trinajstić information content (AvgIpc) is 3.94. The highest BCUT2D eigenvalue weighted by molar-refractivity contribution is 7.14. The van der Waals surface area contributed by atoms with Gasteiger partial charge in [-0.1, -0.05) is 192 Å². The summed E-state index contributed by atoms with van der Waals surface area (Å²) in [7, 11) is 0. The Kier molecular flexibility index (Phi) is 10.3. The third-order valence-electron chi connectivity index (χ3n) is 9.69. The van der Waals surface area contributed by atoms with Crippen molar-refractivity contribution < 1.29 is 14.7 Å². The van der Waals surface area contributed by atoms with Crippen LogP contribution in [0.4, 0.5) is 5.13 Å². The van der Waals surface area contributed by atoms with Crippen molar-refractivity contribution in [3.8, 4) is 0 Å². The summed E-state index contributed by atoms with van der Waals surface area (Å²) in [6.07, 6.45) is 1.81. The third kappa shape index (κ3) is 6.85. The van der Waals surface area contributed by atoms with E-state index < -0.39 is 17.0 Å². The number of carboxylic acid groups (broad SMARTS) is 1. The monoisotopic (exact) mass is 752 g/mol. The first-order chi connectivity index (χ1) is 27.6. The maximum Gasteiger partial charge on any atom is 0.360 e. The highest BCUT2D eigenvalue weighted by Gasteiger charge is 2.40. The Morgan fingerprint density at radius 3 is 1.46 bits per heavy atom. The summed E-state index contributed by atoms with van der Waals surface area (Å²) in [6, 6.07) is 60.8. The number of thiazole rings is 1. The highest BCUT2D eigenvalue weighted by Crippen LogP contribution is 2.42. The number of rotatable bonds is 14. The number of aliphatic carboxylic acids is 1. The van der Waals surface area contributed by atoms with Crippen LogP contribution in [0.15, 0.2) is 199 Å². The zero-order valence-electron chi connectivity index (χ0n) is 30.1. The molecule has 2 aromatic heterocycles. The van der Waals surface area contributed by atoms with Crippen molar-refractivity contribution in [2.45, 2.75) is 17.7 Å². The van der Waals surface area contributed by atoms with Crippen LogP contribution in [0.5, 0.6) is 0 Å². The van der Waals surface area contributed by atoms with Crippen LogP contribution >= 0.6 is 11.3 Å². The molecule has 9 nitrogen and oxygen atoms in total. The van der Waals surface area contributed by atoms with Crippen LogP contribution in [0.2, 0.25) is 0 Å². The van der Waals surface area contributed by atoms with Crippen molar-refractivity contribution in [1.29, 1.82) is 0 Å². The first-order valence-corrected chi connectivity index (χ1v) is 18.9. The number of benzene rings is 6. The fourth-order valence-corrected chi connectivity index (χ4v) is 7.95. The molecule has 8 rings (SSSR count). The van der Waals surface area contributed by atoms with Gasteiger partial charge in [0, 0.05) is 5.38 Å². The van der Waals surface area contributed by atoms with Crippen LogP contribution in [0.25, 0.3) is 0 Å². The molecule has 0 radical (unpaired) electrons. The van der Waals surface area contributed by atoms with Gasteiger partial charge >= 0.3 is 5.97 Å². The Morgan fingerprint density at radius 2 is 1.05 bits per heavy atom. The minimum Gasteiger partial charge on any atom is -0.476 e. The Hall–Kier alpha value is -7.17. The quantitative estimate of drug-likeness (QED) is 0.0648. The number of nitrogens with one attached hydrogen (secondary N) is 1. The number of hydrogen-bond donors (Lipinski definition) is 2. The van der Waals surface area contributed by atoms with E-state index in [1.165, 1.54) is 11.3 Å². The van der Waals surface area contributed by atoms with Crippen LogP contribution in [-0.2, 0) is 27.3 Å². The molecule has 0 aliphatic carbocycles. The number of carbonyl (C=O) groups is 1. The zero-order chi connectivity index (χ0) is 38.2. The summed E-state index contributed by atoms with van der Waals surface area (Å²) in [4.78, 5) is 23.0. The second-order valence-corrected chi connectivity index (χ2v) is 13.9. The molecule has 2 heterocycles. The van der Waals surface area contributed by atoms with E-state index >= 15 is 0 Å². The molecule has 8 aromatic rings. The molecule has 274 valence electrons. The molecule has 0 amide bonds. The van der Waals surface area contributed by atoms with Crippen LogP contribution in [-0.4, -0.2) is 36.8 Å². The van der Waals surface area contributed by atoms with Gasteiger partial charge in [0.1, 0.15) is 22.5 Å². The molecular formula is C46H36N6O3S. The van der Waals surface area contributed by atoms with Crippen molar-refractivity contribution in [3.63, 3.8) is 0 Å². The number of carboxylic acids is 1. The predicted octanol–water partition coefficient (Wildman–Crippen LogP) is 8.98. The van der Waals surface area contributed by atoms with E-state index in [0.29, 0.717) is 10.8 Å². The summed E-state index contributed by atoms with van der Waals surface area (Å²) >= 11 is 1.29. The lowest BCUT2D eigenvalue weighted by Crippen LogP contribution is -2.38. The highest BCUT2D eigenvalue weighted by atomic mass is 32.1. The fraction of sp³-hybridized carbons (Fsp3) is 0.0652. The van der Waals surface area contributed by atoms with E-state index in [0.717, 1.165) is 33.4 Å². The largest absolute Gasteiger partial charge is 0.476 e. The van der Waals surface area contributed by atoms with Gasteiger partial charge in [0.15, 0.2) is 11.7 Å². The first-order valence-electron chi connectivity index (χ1n) is 18.0. The molecular weight excluding hydrogens is 717 g/mol. The topological polar surface area (TPSA) is 115 Å². The standard InChI is InChI=1S/C46H36N6O3S/c53-43(54)42(41-33-56-44(47-41)48-45(34-19-7-1-8-20-34,35-21-9-2-10-22-35)36-23-11-3-12-24-36)50-55-32-40-31-52(51-49-40)46(37-25-13-4-14-26-37,38-27-15-5-16-28-38)39-29-17-6-18-30-39/h1-31,33H,32H2,(H,47,48)(H,53,54)/b50-42+. The molecule has 0 spiro atoms. The van der Waals surface area contributed by atoms with Gasteiger partial charge in [0.05, 0.1) is 6.20 Å². The van der Waals surface area contributed by atoms with Crippen LogP contribution < -0.4 is 5.32 Å². The SMILES string of the molecule is O=C(O)/C(=N/OCc1cn(C(c2ccccc2)(c2ccccc2)c2ccccc2)nn1)c1csc(NC(c2ccccc2)(c2ccccc2)c2ccccc2)n1. The van der Waals surface area contributed by atoms with Crippen molar-refractivity contribution in [1.82, 2.24) is 20.0 Å². The second kappa shape index (κ2) is 16.1. The van der Waals surface area contributed by atoms with Crippen molar-refractivity contribution in [2.24, 2.45) is 5.16 Å². The molecule has 6 aromatic carbocycles. The summed E-state index contributed by atoms with van der Waals surface area (Å²) in [5.41, 5.74) is 4.55. The molecule has 0 saturated carbocycles. The molecule has 0 aliphatic rings. The summed E-state index contributed by atoms with van der Waals surface area (Å²) in [5, 5.41) is 29.3. The van der Waals surface area contributed by atoms with E-state index in [4.69, 9.17) is 9.82 Å². The van der Waals surface area contributed by atoms with Crippen LogP contribution in [0.3, 0.4) is 0 Å². The van der Waals surface area contributed by atoms with Gasteiger partial charge in [0.25, 0.3) is 0 Å². The molecule has 0 aliphatic heterocycles. The van der Waals surface area contributed by atoms with Crippen LogP contribution in [0.1, 0.15) is 44.8 Å². The van der Waals surface area contributed by atoms with E-state index in [-0.39, 0.29) is 18.0 Å². The number of aromatic nitrogens is 4. The lowest BCUT2D eigenvalue weighted by Gasteiger charge is -2.36. The summed E-state index contributed by atoms with van der Waals surface area (Å²) < 4.78 is 1.82. The van der Waals surface area contributed by atoms with Gasteiger partial charge in [-0.3, -0.25) is 0 Å². The maximum absolute atomic E-state index is 12.6. The van der Waals surface area contributed by atoms with E-state index in [9.17, 15) is 9.90 Å². The Labute approximate surface area is 328 Å². The normalized spacial score (nSPS) is 11.9. The van der Waals surface area contributed by atoms with Crippen molar-refractivity contribution >= 4 is 28.1 Å². The molecule has 0 unspecified atom stereocenters. The Balaban J connectivity index is 1.10. The summed E-state index contributed by atoms with van der Waals surface area (Å²) in [6.45, 7) is -0.125. The van der Waals surface area contributed by atoms with Crippen molar-refractivity contribution in [2.75, 3.05) is 5.32 Å². The van der Waals surface area contributed by atoms with Gasteiger partial charge in [0.2, 0.25) is 5.71 Å². The van der Waals surface area contributed by atoms with Gasteiger partial charge < -0.3 is 15.3 Å².